The Balaban J connectivity index is 1.99. The van der Waals surface area contributed by atoms with Crippen LogP contribution in [0.4, 0.5) is 0 Å². The van der Waals surface area contributed by atoms with Crippen LogP contribution in [0.3, 0.4) is 0 Å². The Bertz CT molecular complexity index is 131. The molecule has 1 nitrogen and oxygen atoms in total. The fourth-order valence-electron chi connectivity index (χ4n) is 2.54. The highest BCUT2D eigenvalue weighted by atomic mass is 15.0. The molecule has 58 valence electrons. The largest absolute Gasteiger partial charge is 0.313 e. The quantitative estimate of drug-likeness (QED) is 0.582. The zero-order valence-electron chi connectivity index (χ0n) is 6.93. The van der Waals surface area contributed by atoms with Gasteiger partial charge in [0.2, 0.25) is 0 Å². The van der Waals surface area contributed by atoms with Gasteiger partial charge in [0.25, 0.3) is 0 Å². The molecule has 1 aliphatic heterocycles. The highest BCUT2D eigenvalue weighted by Gasteiger charge is 2.42. The van der Waals surface area contributed by atoms with Crippen molar-refractivity contribution >= 4 is 0 Å². The van der Waals surface area contributed by atoms with E-state index in [1.54, 1.807) is 0 Å². The Morgan fingerprint density at radius 3 is 2.40 bits per heavy atom. The molecule has 0 aromatic heterocycles. The third-order valence-corrected chi connectivity index (χ3v) is 3.31. The summed E-state index contributed by atoms with van der Waals surface area (Å²) < 4.78 is 0. The van der Waals surface area contributed by atoms with Gasteiger partial charge in [0.1, 0.15) is 0 Å². The first-order chi connectivity index (χ1) is 4.79. The maximum absolute atomic E-state index is 3.54. The van der Waals surface area contributed by atoms with Gasteiger partial charge < -0.3 is 5.32 Å². The average Bonchev–Trinajstić information content (AvgIpc) is 2.07. The van der Waals surface area contributed by atoms with E-state index in [2.05, 4.69) is 19.2 Å². The lowest BCUT2D eigenvalue weighted by Crippen LogP contribution is -2.53. The second-order valence-electron chi connectivity index (χ2n) is 4.18. The van der Waals surface area contributed by atoms with E-state index in [9.17, 15) is 0 Å². The standard InChI is InChI=1S/C9H17N/c1-6(2)8-4-3-7-5-10-9(7)8/h6-10H,3-5H2,1-2H3. The van der Waals surface area contributed by atoms with Crippen molar-refractivity contribution in [3.05, 3.63) is 0 Å². The summed E-state index contributed by atoms with van der Waals surface area (Å²) in [5, 5.41) is 3.54. The van der Waals surface area contributed by atoms with Gasteiger partial charge in [-0.25, -0.2) is 0 Å². The van der Waals surface area contributed by atoms with Gasteiger partial charge in [-0.15, -0.1) is 0 Å². The van der Waals surface area contributed by atoms with E-state index >= 15 is 0 Å². The van der Waals surface area contributed by atoms with E-state index in [4.69, 9.17) is 0 Å². The number of hydrogen-bond acceptors (Lipinski definition) is 1. The minimum atomic E-state index is 0.891. The third kappa shape index (κ3) is 0.800. The molecule has 0 aromatic rings. The molecule has 1 aliphatic carbocycles. The van der Waals surface area contributed by atoms with Crippen LogP contribution in [0.2, 0.25) is 0 Å². The van der Waals surface area contributed by atoms with Crippen LogP contribution in [0.15, 0.2) is 0 Å². The minimum Gasteiger partial charge on any atom is -0.313 e. The van der Waals surface area contributed by atoms with Crippen LogP contribution < -0.4 is 5.32 Å². The van der Waals surface area contributed by atoms with Gasteiger partial charge in [-0.3, -0.25) is 0 Å². The van der Waals surface area contributed by atoms with Gasteiger partial charge >= 0.3 is 0 Å². The van der Waals surface area contributed by atoms with Gasteiger partial charge in [-0.05, 0) is 37.1 Å². The summed E-state index contributed by atoms with van der Waals surface area (Å²) in [4.78, 5) is 0. The zero-order chi connectivity index (χ0) is 7.14. The molecule has 2 fully saturated rings. The van der Waals surface area contributed by atoms with E-state index in [1.165, 1.54) is 19.4 Å². The predicted octanol–water partition coefficient (Wildman–Crippen LogP) is 1.64. The van der Waals surface area contributed by atoms with Crippen molar-refractivity contribution in [2.45, 2.75) is 32.7 Å². The van der Waals surface area contributed by atoms with Crippen LogP contribution in [-0.4, -0.2) is 12.6 Å². The van der Waals surface area contributed by atoms with Crippen LogP contribution in [0.1, 0.15) is 26.7 Å². The fourth-order valence-corrected chi connectivity index (χ4v) is 2.54. The van der Waals surface area contributed by atoms with Gasteiger partial charge in [-0.1, -0.05) is 13.8 Å². The SMILES string of the molecule is CC(C)C1CCC2CNC21. The second-order valence-corrected chi connectivity index (χ2v) is 4.18. The van der Waals surface area contributed by atoms with Crippen molar-refractivity contribution in [1.29, 1.82) is 0 Å². The smallest absolute Gasteiger partial charge is 0.0138 e. The fraction of sp³-hybridized carbons (Fsp3) is 1.00. The average molecular weight is 139 g/mol. The molecular formula is C9H17N. The molecule has 0 bridgehead atoms. The lowest BCUT2D eigenvalue weighted by molar-refractivity contribution is 0.197. The van der Waals surface area contributed by atoms with Crippen molar-refractivity contribution in [2.24, 2.45) is 17.8 Å². The highest BCUT2D eigenvalue weighted by Crippen LogP contribution is 2.39. The normalized spacial score (nSPS) is 45.3. The van der Waals surface area contributed by atoms with E-state index in [-0.39, 0.29) is 0 Å². The summed E-state index contributed by atoms with van der Waals surface area (Å²) in [6, 6.07) is 0.903. The summed E-state index contributed by atoms with van der Waals surface area (Å²) in [7, 11) is 0. The van der Waals surface area contributed by atoms with Crippen LogP contribution >= 0.6 is 0 Å². The maximum Gasteiger partial charge on any atom is 0.0138 e. The van der Waals surface area contributed by atoms with E-state index < -0.39 is 0 Å². The van der Waals surface area contributed by atoms with Gasteiger partial charge in [0, 0.05) is 6.04 Å². The lowest BCUT2D eigenvalue weighted by Gasteiger charge is -2.37. The lowest BCUT2D eigenvalue weighted by atomic mass is 9.84. The van der Waals surface area contributed by atoms with Gasteiger partial charge in [-0.2, -0.15) is 0 Å². The predicted molar refractivity (Wildman–Crippen MR) is 42.8 cm³/mol. The first-order valence-corrected chi connectivity index (χ1v) is 4.52. The molecule has 1 N–H and O–H groups in total. The summed E-state index contributed by atoms with van der Waals surface area (Å²) >= 11 is 0. The van der Waals surface area contributed by atoms with Crippen LogP contribution in [0.25, 0.3) is 0 Å². The number of hydrogen-bond donors (Lipinski definition) is 1. The molecule has 0 spiro atoms. The topological polar surface area (TPSA) is 12.0 Å². The maximum atomic E-state index is 3.54. The Hall–Kier alpha value is -0.0400. The molecule has 1 saturated carbocycles. The molecule has 3 unspecified atom stereocenters. The Labute approximate surface area is 63.2 Å². The van der Waals surface area contributed by atoms with Crippen LogP contribution in [0, 0.1) is 17.8 Å². The summed E-state index contributed by atoms with van der Waals surface area (Å²) in [5.41, 5.74) is 0. The molecule has 0 radical (unpaired) electrons. The Morgan fingerprint density at radius 1 is 1.30 bits per heavy atom. The monoisotopic (exact) mass is 139 g/mol. The molecule has 10 heavy (non-hydrogen) atoms. The number of rotatable bonds is 1. The molecule has 1 saturated heterocycles. The molecule has 1 heterocycles. The number of fused-ring (bicyclic) bond motifs is 1. The van der Waals surface area contributed by atoms with E-state index in [0.29, 0.717) is 0 Å². The van der Waals surface area contributed by atoms with Crippen molar-refractivity contribution < 1.29 is 0 Å². The minimum absolute atomic E-state index is 0.891. The summed E-state index contributed by atoms with van der Waals surface area (Å²) in [6.07, 6.45) is 2.96. The van der Waals surface area contributed by atoms with E-state index in [0.717, 1.165) is 23.8 Å². The van der Waals surface area contributed by atoms with Gasteiger partial charge in [0.15, 0.2) is 0 Å². The van der Waals surface area contributed by atoms with Crippen molar-refractivity contribution in [2.75, 3.05) is 6.54 Å². The molecule has 0 aromatic carbocycles. The van der Waals surface area contributed by atoms with Crippen LogP contribution in [-0.2, 0) is 0 Å². The molecule has 0 amide bonds. The second kappa shape index (κ2) is 2.23. The molecule has 3 atom stereocenters. The van der Waals surface area contributed by atoms with Crippen molar-refractivity contribution in [1.82, 2.24) is 5.32 Å². The summed E-state index contributed by atoms with van der Waals surface area (Å²) in [6.45, 7) is 6.01. The zero-order valence-corrected chi connectivity index (χ0v) is 6.93. The third-order valence-electron chi connectivity index (χ3n) is 3.31. The highest BCUT2D eigenvalue weighted by molar-refractivity contribution is 4.99. The van der Waals surface area contributed by atoms with Crippen LogP contribution in [0.5, 0.6) is 0 Å². The summed E-state index contributed by atoms with van der Waals surface area (Å²) in [5.74, 6) is 2.92. The first-order valence-electron chi connectivity index (χ1n) is 4.52. The Kier molecular flexibility index (Phi) is 1.48. The molecule has 1 heteroatoms. The first kappa shape index (κ1) is 6.66. The van der Waals surface area contributed by atoms with Crippen molar-refractivity contribution in [3.8, 4) is 0 Å². The van der Waals surface area contributed by atoms with Crippen molar-refractivity contribution in [3.63, 3.8) is 0 Å². The number of nitrogens with one attached hydrogen (secondary N) is 1. The Morgan fingerprint density at radius 2 is 2.10 bits per heavy atom. The molecular weight excluding hydrogens is 122 g/mol. The molecule has 2 aliphatic rings. The molecule has 2 rings (SSSR count). The van der Waals surface area contributed by atoms with E-state index in [1.807, 2.05) is 0 Å². The van der Waals surface area contributed by atoms with Gasteiger partial charge in [0.05, 0.1) is 0 Å².